The van der Waals surface area contributed by atoms with E-state index in [1.165, 1.54) is 56.8 Å². The van der Waals surface area contributed by atoms with Crippen LogP contribution < -0.4 is 9.80 Å². The number of anilines is 6. The van der Waals surface area contributed by atoms with Crippen molar-refractivity contribution in [3.63, 3.8) is 0 Å². The van der Waals surface area contributed by atoms with Gasteiger partial charge in [0.15, 0.2) is 0 Å². The lowest BCUT2D eigenvalue weighted by atomic mass is 10.0. The van der Waals surface area contributed by atoms with Gasteiger partial charge in [-0.25, -0.2) is 0 Å². The van der Waals surface area contributed by atoms with Crippen LogP contribution in [0.15, 0.2) is 182 Å². The Morgan fingerprint density at radius 3 is 1.36 bits per heavy atom. The van der Waals surface area contributed by atoms with Crippen molar-refractivity contribution in [1.82, 2.24) is 0 Å². The molecule has 0 radical (unpaired) electrons. The van der Waals surface area contributed by atoms with Crippen molar-refractivity contribution in [1.29, 1.82) is 0 Å². The van der Waals surface area contributed by atoms with Crippen LogP contribution in [0.3, 0.4) is 0 Å². The molecule has 8 aromatic carbocycles. The van der Waals surface area contributed by atoms with Gasteiger partial charge in [-0.1, -0.05) is 97.1 Å². The highest BCUT2D eigenvalue weighted by atomic mass is 32.1. The summed E-state index contributed by atoms with van der Waals surface area (Å²) < 4.78 is 5.22. The molecule has 2 aromatic heterocycles. The maximum atomic E-state index is 2.41. The second-order valence-corrected chi connectivity index (χ2v) is 14.7. The minimum Gasteiger partial charge on any atom is -0.310 e. The molecule has 0 bridgehead atoms. The summed E-state index contributed by atoms with van der Waals surface area (Å²) in [6, 6.07) is 66.1. The van der Waals surface area contributed by atoms with Crippen LogP contribution in [0, 0.1) is 0 Å². The van der Waals surface area contributed by atoms with E-state index in [4.69, 9.17) is 0 Å². The fourth-order valence-electron chi connectivity index (χ4n) is 7.35. The van der Waals surface area contributed by atoms with Gasteiger partial charge in [0.2, 0.25) is 0 Å². The second-order valence-electron chi connectivity index (χ2n) is 12.6. The molecule has 0 unspecified atom stereocenters. The minimum atomic E-state index is 1.13. The highest BCUT2D eigenvalue weighted by molar-refractivity contribution is 7.27. The van der Waals surface area contributed by atoms with Crippen LogP contribution in [-0.2, 0) is 0 Å². The van der Waals surface area contributed by atoms with Gasteiger partial charge >= 0.3 is 0 Å². The topological polar surface area (TPSA) is 6.48 Å². The third-order valence-corrected chi connectivity index (χ3v) is 12.0. The van der Waals surface area contributed by atoms with E-state index < -0.39 is 0 Å². The van der Waals surface area contributed by atoms with Crippen LogP contribution in [0.1, 0.15) is 0 Å². The fourth-order valence-corrected chi connectivity index (χ4v) is 9.64. The Labute approximate surface area is 298 Å². The summed E-state index contributed by atoms with van der Waals surface area (Å²) in [6.45, 7) is 0. The standard InChI is InChI=1S/C46H30N2S2/c1-4-14-31(15-5-1)47(34-24-26-44-39(28-34)37-21-12-13-23-43(37)49-44)35-25-27-45-40(29-35)41-30-42(36-20-10-11-22-38(36)46(41)50-45)48(32-16-6-2-7-17-32)33-18-8-3-9-19-33/h1-30H. The van der Waals surface area contributed by atoms with Gasteiger partial charge in [0.1, 0.15) is 0 Å². The summed E-state index contributed by atoms with van der Waals surface area (Å²) >= 11 is 3.74. The van der Waals surface area contributed by atoms with E-state index in [9.17, 15) is 0 Å². The monoisotopic (exact) mass is 674 g/mol. The maximum Gasteiger partial charge on any atom is 0.0547 e. The van der Waals surface area contributed by atoms with Gasteiger partial charge in [-0.2, -0.15) is 0 Å². The Bertz CT molecular complexity index is 2780. The average molecular weight is 675 g/mol. The number of nitrogens with zero attached hydrogens (tertiary/aromatic N) is 2. The van der Waals surface area contributed by atoms with E-state index in [2.05, 4.69) is 192 Å². The number of hydrogen-bond donors (Lipinski definition) is 0. The van der Waals surface area contributed by atoms with Crippen LogP contribution in [0.5, 0.6) is 0 Å². The molecule has 10 rings (SSSR count). The Hall–Kier alpha value is -5.94. The van der Waals surface area contributed by atoms with Gasteiger partial charge in [-0.05, 0) is 84.9 Å². The molecule has 50 heavy (non-hydrogen) atoms. The number of rotatable bonds is 6. The van der Waals surface area contributed by atoms with Crippen molar-refractivity contribution in [3.8, 4) is 0 Å². The summed E-state index contributed by atoms with van der Waals surface area (Å²) in [5.41, 5.74) is 6.86. The summed E-state index contributed by atoms with van der Waals surface area (Å²) in [5.74, 6) is 0. The van der Waals surface area contributed by atoms with E-state index in [1.54, 1.807) is 0 Å². The van der Waals surface area contributed by atoms with Crippen molar-refractivity contribution in [2.45, 2.75) is 0 Å². The van der Waals surface area contributed by atoms with Crippen molar-refractivity contribution in [2.75, 3.05) is 9.80 Å². The first kappa shape index (κ1) is 29.0. The quantitative estimate of drug-likeness (QED) is 0.173. The first-order valence-corrected chi connectivity index (χ1v) is 18.5. The maximum absolute atomic E-state index is 2.41. The Morgan fingerprint density at radius 2 is 0.740 bits per heavy atom. The Morgan fingerprint density at radius 1 is 0.280 bits per heavy atom. The van der Waals surface area contributed by atoms with E-state index in [-0.39, 0.29) is 0 Å². The van der Waals surface area contributed by atoms with E-state index in [1.807, 2.05) is 22.7 Å². The van der Waals surface area contributed by atoms with E-state index >= 15 is 0 Å². The SMILES string of the molecule is c1ccc(N(c2ccc3sc4ccccc4c3c2)c2ccc3sc4c5ccccc5c(N(c5ccccc5)c5ccccc5)cc4c3c2)cc1. The van der Waals surface area contributed by atoms with Crippen LogP contribution in [0.25, 0.3) is 51.1 Å². The Kier molecular flexibility index (Phi) is 6.90. The third kappa shape index (κ3) is 4.76. The van der Waals surface area contributed by atoms with Gasteiger partial charge in [0.25, 0.3) is 0 Å². The molecule has 2 heterocycles. The largest absolute Gasteiger partial charge is 0.310 e. The van der Waals surface area contributed by atoms with Crippen LogP contribution in [0.2, 0.25) is 0 Å². The second kappa shape index (κ2) is 11.9. The first-order valence-electron chi connectivity index (χ1n) is 16.8. The summed E-state index contributed by atoms with van der Waals surface area (Å²) in [5, 5.41) is 7.64. The molecule has 236 valence electrons. The highest BCUT2D eigenvalue weighted by Crippen LogP contribution is 2.48. The summed E-state index contributed by atoms with van der Waals surface area (Å²) in [6.07, 6.45) is 0. The number of para-hydroxylation sites is 3. The van der Waals surface area contributed by atoms with Crippen LogP contribution >= 0.6 is 22.7 Å². The first-order chi connectivity index (χ1) is 24.8. The van der Waals surface area contributed by atoms with Gasteiger partial charge in [0.05, 0.1) is 5.69 Å². The zero-order valence-electron chi connectivity index (χ0n) is 27.0. The van der Waals surface area contributed by atoms with Crippen LogP contribution in [-0.4, -0.2) is 0 Å². The molecule has 0 aliphatic heterocycles. The number of fused-ring (bicyclic) bond motifs is 8. The molecule has 0 saturated carbocycles. The van der Waals surface area contributed by atoms with Crippen molar-refractivity contribution in [3.05, 3.63) is 182 Å². The van der Waals surface area contributed by atoms with E-state index in [0.29, 0.717) is 0 Å². The van der Waals surface area contributed by atoms with Gasteiger partial charge in [-0.15, -0.1) is 22.7 Å². The third-order valence-electron chi connectivity index (χ3n) is 9.60. The molecule has 0 fully saturated rings. The molecule has 0 amide bonds. The zero-order chi connectivity index (χ0) is 33.0. The van der Waals surface area contributed by atoms with Crippen molar-refractivity contribution >= 4 is 108 Å². The number of benzene rings is 8. The van der Waals surface area contributed by atoms with Crippen molar-refractivity contribution in [2.24, 2.45) is 0 Å². The predicted octanol–water partition coefficient (Wildman–Crippen LogP) is 14.5. The molecule has 0 saturated heterocycles. The highest BCUT2D eigenvalue weighted by Gasteiger charge is 2.21. The molecule has 0 aliphatic rings. The molecule has 2 nitrogen and oxygen atoms in total. The fraction of sp³-hybridized carbons (Fsp3) is 0. The smallest absolute Gasteiger partial charge is 0.0547 e. The lowest BCUT2D eigenvalue weighted by molar-refractivity contribution is 1.30. The zero-order valence-corrected chi connectivity index (χ0v) is 28.7. The molecular weight excluding hydrogens is 645 g/mol. The summed E-state index contributed by atoms with van der Waals surface area (Å²) in [4.78, 5) is 4.79. The average Bonchev–Trinajstić information content (AvgIpc) is 3.74. The van der Waals surface area contributed by atoms with Crippen LogP contribution in [0.4, 0.5) is 34.1 Å². The summed E-state index contributed by atoms with van der Waals surface area (Å²) in [7, 11) is 0. The molecule has 10 aromatic rings. The lowest BCUT2D eigenvalue weighted by Gasteiger charge is -2.27. The predicted molar refractivity (Wildman–Crippen MR) is 219 cm³/mol. The number of thiophene rings is 2. The molecule has 0 spiro atoms. The minimum absolute atomic E-state index is 1.13. The Balaban J connectivity index is 1.22. The normalized spacial score (nSPS) is 11.6. The molecule has 0 N–H and O–H groups in total. The molecular formula is C46H30N2S2. The number of hydrogen-bond acceptors (Lipinski definition) is 4. The van der Waals surface area contributed by atoms with Gasteiger partial charge < -0.3 is 9.80 Å². The molecule has 0 atom stereocenters. The van der Waals surface area contributed by atoms with Gasteiger partial charge in [-0.3, -0.25) is 0 Å². The van der Waals surface area contributed by atoms with E-state index in [0.717, 1.165) is 28.4 Å². The molecule has 0 aliphatic carbocycles. The van der Waals surface area contributed by atoms with Gasteiger partial charge in [0, 0.05) is 79.6 Å². The van der Waals surface area contributed by atoms with Crippen molar-refractivity contribution < 1.29 is 0 Å². The lowest BCUT2D eigenvalue weighted by Crippen LogP contribution is -2.10. The molecule has 4 heteroatoms.